The molecule has 4 nitrogen and oxygen atoms in total. The highest BCUT2D eigenvalue weighted by Crippen LogP contribution is 2.23. The fraction of sp³-hybridized carbons (Fsp3) is 0.120. The van der Waals surface area contributed by atoms with Gasteiger partial charge in [-0.25, -0.2) is 4.39 Å². The number of halogens is 1. The molecule has 0 unspecified atom stereocenters. The highest BCUT2D eigenvalue weighted by Gasteiger charge is 2.19. The number of amides is 1. The van der Waals surface area contributed by atoms with Crippen LogP contribution in [0.15, 0.2) is 89.9 Å². The maximum atomic E-state index is 13.2. The maximum Gasteiger partial charge on any atom is 0.252 e. The van der Waals surface area contributed by atoms with Crippen molar-refractivity contribution in [3.05, 3.63) is 113 Å². The number of nitrogens with one attached hydrogen (secondary N) is 1. The number of aliphatic hydroxyl groups is 1. The third-order valence-corrected chi connectivity index (χ3v) is 5.03. The fourth-order valence-electron chi connectivity index (χ4n) is 3.41. The van der Waals surface area contributed by atoms with Crippen molar-refractivity contribution in [1.29, 1.82) is 0 Å². The van der Waals surface area contributed by atoms with Crippen LogP contribution in [0.3, 0.4) is 0 Å². The Balaban J connectivity index is 1.50. The van der Waals surface area contributed by atoms with Crippen molar-refractivity contribution in [3.63, 3.8) is 0 Å². The Morgan fingerprint density at radius 1 is 1.00 bits per heavy atom. The number of carbonyl (C=O) groups excluding carboxylic acids is 1. The van der Waals surface area contributed by atoms with Gasteiger partial charge in [0.15, 0.2) is 0 Å². The number of rotatable bonds is 6. The van der Waals surface area contributed by atoms with Crippen LogP contribution in [0.1, 0.15) is 33.2 Å². The van der Waals surface area contributed by atoms with Crippen molar-refractivity contribution in [1.82, 2.24) is 5.32 Å². The van der Waals surface area contributed by atoms with Gasteiger partial charge in [-0.1, -0.05) is 60.7 Å². The van der Waals surface area contributed by atoms with E-state index in [4.69, 9.17) is 0 Å². The number of allylic oxidation sites excluding steroid dienone is 1. The van der Waals surface area contributed by atoms with E-state index in [1.54, 1.807) is 24.3 Å². The van der Waals surface area contributed by atoms with E-state index >= 15 is 0 Å². The number of benzene rings is 3. The normalized spacial score (nSPS) is 14.1. The van der Waals surface area contributed by atoms with Crippen LogP contribution in [0.25, 0.3) is 5.57 Å². The Morgan fingerprint density at radius 3 is 2.47 bits per heavy atom. The van der Waals surface area contributed by atoms with Crippen LogP contribution in [0.5, 0.6) is 0 Å². The molecule has 0 saturated heterocycles. The van der Waals surface area contributed by atoms with Gasteiger partial charge >= 0.3 is 0 Å². The lowest BCUT2D eigenvalue weighted by atomic mass is 10.00. The summed E-state index contributed by atoms with van der Waals surface area (Å²) in [5, 5.41) is 13.1. The Kier molecular flexibility index (Phi) is 5.82. The number of hydrogen-bond donors (Lipinski definition) is 2. The quantitative estimate of drug-likeness (QED) is 0.652. The Labute approximate surface area is 174 Å². The van der Waals surface area contributed by atoms with Crippen molar-refractivity contribution in [2.75, 3.05) is 13.1 Å². The molecule has 150 valence electrons. The van der Waals surface area contributed by atoms with Gasteiger partial charge in [-0.15, -0.1) is 0 Å². The van der Waals surface area contributed by atoms with Crippen LogP contribution in [0.2, 0.25) is 0 Å². The zero-order valence-corrected chi connectivity index (χ0v) is 16.3. The SMILES string of the molecule is O=C(NC[C@@H](O)c1ccccc1)c1ccccc1C1=NCC(c2ccc(F)cc2)=C1. The summed E-state index contributed by atoms with van der Waals surface area (Å²) in [6.45, 7) is 0.587. The molecule has 0 radical (unpaired) electrons. The minimum atomic E-state index is -0.781. The van der Waals surface area contributed by atoms with Crippen LogP contribution in [-0.2, 0) is 0 Å². The lowest BCUT2D eigenvalue weighted by Gasteiger charge is -2.13. The van der Waals surface area contributed by atoms with Crippen LogP contribution in [-0.4, -0.2) is 29.8 Å². The summed E-state index contributed by atoms with van der Waals surface area (Å²) >= 11 is 0. The van der Waals surface area contributed by atoms with Crippen molar-refractivity contribution in [2.24, 2.45) is 4.99 Å². The summed E-state index contributed by atoms with van der Waals surface area (Å²) in [6.07, 6.45) is 1.15. The van der Waals surface area contributed by atoms with Gasteiger partial charge in [-0.3, -0.25) is 9.79 Å². The minimum absolute atomic E-state index is 0.111. The Hall–Kier alpha value is -3.57. The standard InChI is InChI=1S/C25H21FN2O2/c26-20-12-10-17(11-13-20)19-14-23(27-15-19)21-8-4-5-9-22(21)25(30)28-16-24(29)18-6-2-1-3-7-18/h1-14,24,29H,15-16H2,(H,28,30)/t24-/m1/s1. The lowest BCUT2D eigenvalue weighted by Crippen LogP contribution is -2.29. The van der Waals surface area contributed by atoms with Crippen LogP contribution in [0, 0.1) is 5.82 Å². The first-order chi connectivity index (χ1) is 14.6. The van der Waals surface area contributed by atoms with Crippen molar-refractivity contribution < 1.29 is 14.3 Å². The van der Waals surface area contributed by atoms with Crippen LogP contribution < -0.4 is 5.32 Å². The molecule has 0 fully saturated rings. The van der Waals surface area contributed by atoms with Crippen LogP contribution in [0.4, 0.5) is 4.39 Å². The molecule has 30 heavy (non-hydrogen) atoms. The zero-order valence-electron chi connectivity index (χ0n) is 16.3. The summed E-state index contributed by atoms with van der Waals surface area (Å²) in [5.74, 6) is -0.551. The van der Waals surface area contributed by atoms with Gasteiger partial charge in [0.05, 0.1) is 18.4 Å². The van der Waals surface area contributed by atoms with Crippen molar-refractivity contribution >= 4 is 17.2 Å². The second-order valence-electron chi connectivity index (χ2n) is 7.06. The second-order valence-corrected chi connectivity index (χ2v) is 7.06. The summed E-state index contributed by atoms with van der Waals surface area (Å²) in [6, 6.07) is 22.8. The number of carbonyl (C=O) groups is 1. The summed E-state index contributed by atoms with van der Waals surface area (Å²) < 4.78 is 13.2. The van der Waals surface area contributed by atoms with Gasteiger partial charge in [0.25, 0.3) is 5.91 Å². The number of aliphatic imine (C=N–C) groups is 1. The van der Waals surface area contributed by atoms with Gasteiger partial charge in [0, 0.05) is 17.7 Å². The molecular weight excluding hydrogens is 379 g/mol. The van der Waals surface area contributed by atoms with Crippen molar-refractivity contribution in [2.45, 2.75) is 6.10 Å². The van der Waals surface area contributed by atoms with Gasteiger partial charge in [0.1, 0.15) is 5.82 Å². The second kappa shape index (κ2) is 8.84. The van der Waals surface area contributed by atoms with Crippen LogP contribution >= 0.6 is 0 Å². The van der Waals surface area contributed by atoms with Gasteiger partial charge in [-0.2, -0.15) is 0 Å². The molecule has 0 aliphatic carbocycles. The largest absolute Gasteiger partial charge is 0.387 e. The molecule has 2 N–H and O–H groups in total. The number of aliphatic hydroxyl groups excluding tert-OH is 1. The topological polar surface area (TPSA) is 61.7 Å². The molecule has 0 spiro atoms. The van der Waals surface area contributed by atoms with E-state index in [0.29, 0.717) is 17.8 Å². The van der Waals surface area contributed by atoms with E-state index in [2.05, 4.69) is 10.3 Å². The number of hydrogen-bond acceptors (Lipinski definition) is 3. The summed E-state index contributed by atoms with van der Waals surface area (Å²) in [5.41, 5.74) is 4.55. The number of nitrogens with zero attached hydrogens (tertiary/aromatic N) is 1. The molecule has 0 bridgehead atoms. The maximum absolute atomic E-state index is 13.2. The third-order valence-electron chi connectivity index (χ3n) is 5.03. The summed E-state index contributed by atoms with van der Waals surface area (Å²) in [4.78, 5) is 17.4. The minimum Gasteiger partial charge on any atom is -0.387 e. The van der Waals surface area contributed by atoms with E-state index in [1.165, 1.54) is 12.1 Å². The molecule has 3 aromatic carbocycles. The van der Waals surface area contributed by atoms with Gasteiger partial charge < -0.3 is 10.4 Å². The van der Waals surface area contributed by atoms with Gasteiger partial charge in [-0.05, 0) is 41.0 Å². The highest BCUT2D eigenvalue weighted by molar-refractivity contribution is 6.19. The molecule has 1 aliphatic rings. The first-order valence-electron chi connectivity index (χ1n) is 9.73. The lowest BCUT2D eigenvalue weighted by molar-refractivity contribution is 0.0916. The molecule has 3 aromatic rings. The smallest absolute Gasteiger partial charge is 0.252 e. The first kappa shape index (κ1) is 19.7. The fourth-order valence-corrected chi connectivity index (χ4v) is 3.41. The summed E-state index contributed by atoms with van der Waals surface area (Å²) in [7, 11) is 0. The molecule has 1 amide bonds. The molecule has 1 aliphatic heterocycles. The van der Waals surface area contributed by atoms with E-state index in [0.717, 1.165) is 22.3 Å². The Morgan fingerprint density at radius 2 is 1.70 bits per heavy atom. The first-order valence-corrected chi connectivity index (χ1v) is 9.73. The molecular formula is C25H21FN2O2. The van der Waals surface area contributed by atoms with E-state index in [-0.39, 0.29) is 18.3 Å². The van der Waals surface area contributed by atoms with Crippen molar-refractivity contribution in [3.8, 4) is 0 Å². The molecule has 0 saturated carbocycles. The third kappa shape index (κ3) is 4.36. The average molecular weight is 400 g/mol. The van der Waals surface area contributed by atoms with Gasteiger partial charge in [0.2, 0.25) is 0 Å². The average Bonchev–Trinajstić information content (AvgIpc) is 3.28. The van der Waals surface area contributed by atoms with E-state index < -0.39 is 6.10 Å². The monoisotopic (exact) mass is 400 g/mol. The zero-order chi connectivity index (χ0) is 20.9. The van der Waals surface area contributed by atoms with E-state index in [1.807, 2.05) is 48.5 Å². The molecule has 4 rings (SSSR count). The molecule has 1 heterocycles. The highest BCUT2D eigenvalue weighted by atomic mass is 19.1. The van der Waals surface area contributed by atoms with E-state index in [9.17, 15) is 14.3 Å². The molecule has 1 atom stereocenters. The predicted molar refractivity (Wildman–Crippen MR) is 116 cm³/mol. The predicted octanol–water partition coefficient (Wildman–Crippen LogP) is 4.18. The molecule has 5 heteroatoms. The molecule has 0 aromatic heterocycles. The Bertz CT molecular complexity index is 1110.